The molecule has 0 heterocycles. The van der Waals surface area contributed by atoms with Gasteiger partial charge in [0.05, 0.1) is 0 Å². The van der Waals surface area contributed by atoms with E-state index in [9.17, 15) is 0 Å². The molecule has 0 aliphatic heterocycles. The van der Waals surface area contributed by atoms with Crippen molar-refractivity contribution in [3.05, 3.63) is 10.6 Å². The third kappa shape index (κ3) is 47.1. The maximum absolute atomic E-state index is 4.86. The van der Waals surface area contributed by atoms with E-state index in [4.69, 9.17) is 19.7 Å². The van der Waals surface area contributed by atoms with Gasteiger partial charge >= 0.3 is 34.1 Å². The summed E-state index contributed by atoms with van der Waals surface area (Å²) in [5, 5.41) is 8.56. The van der Waals surface area contributed by atoms with E-state index >= 15 is 0 Å². The van der Waals surface area contributed by atoms with E-state index in [1.165, 1.54) is 0 Å². The van der Waals surface area contributed by atoms with E-state index in [0.29, 0.717) is 24.2 Å². The van der Waals surface area contributed by atoms with Gasteiger partial charge < -0.3 is 10.6 Å². The Balaban J connectivity index is -0.000000188. The SMILES string of the molecule is CC(C)[N-]C(C)C.CC(C)[N-]C(C)C.[Cl][V][Cl]. The number of hydrogen-bond donors (Lipinski definition) is 0. The van der Waals surface area contributed by atoms with E-state index in [0.717, 1.165) is 0 Å². The normalized spacial score (nSPS) is 10.0. The molecular weight excluding hydrogens is 294 g/mol. The molecule has 0 aromatic heterocycles. The first-order chi connectivity index (χ1) is 7.67. The molecule has 5 heteroatoms. The van der Waals surface area contributed by atoms with Crippen molar-refractivity contribution in [1.82, 2.24) is 0 Å². The molecule has 0 aromatic rings. The summed E-state index contributed by atoms with van der Waals surface area (Å²) in [4.78, 5) is 0. The van der Waals surface area contributed by atoms with Gasteiger partial charge in [-0.1, -0.05) is 55.4 Å². The van der Waals surface area contributed by atoms with Crippen molar-refractivity contribution < 1.29 is 14.4 Å². The van der Waals surface area contributed by atoms with Gasteiger partial charge in [-0.15, -0.1) is 24.2 Å². The van der Waals surface area contributed by atoms with Gasteiger partial charge in [-0.05, 0) is 0 Å². The molecule has 0 aliphatic rings. The number of nitrogens with zero attached hydrogens (tertiary/aromatic N) is 2. The topological polar surface area (TPSA) is 28.2 Å². The van der Waals surface area contributed by atoms with E-state index < -0.39 is 0 Å². The van der Waals surface area contributed by atoms with Crippen LogP contribution in [-0.4, -0.2) is 24.2 Å². The molecule has 0 rings (SSSR count). The summed E-state index contributed by atoms with van der Waals surface area (Å²) < 4.78 is 0. The monoisotopic (exact) mass is 321 g/mol. The predicted molar refractivity (Wildman–Crippen MR) is 79.0 cm³/mol. The minimum atomic E-state index is -0.368. The Morgan fingerprint density at radius 3 is 0.706 bits per heavy atom. The average molecular weight is 322 g/mol. The Bertz CT molecular complexity index is 106. The van der Waals surface area contributed by atoms with Crippen molar-refractivity contribution in [3.8, 4) is 0 Å². The van der Waals surface area contributed by atoms with Crippen LogP contribution in [-0.2, 0) is 14.4 Å². The average Bonchev–Trinajstić information content (AvgIpc) is 1.99. The van der Waals surface area contributed by atoms with Crippen molar-refractivity contribution in [1.29, 1.82) is 0 Å². The maximum atomic E-state index is 4.86. The van der Waals surface area contributed by atoms with E-state index in [-0.39, 0.29) is 14.4 Å². The molecule has 0 aromatic carbocycles. The first kappa shape index (κ1) is 23.2. The Hall–Kier alpha value is 1.08. The molecule has 0 N–H and O–H groups in total. The molecule has 0 saturated heterocycles. The summed E-state index contributed by atoms with van der Waals surface area (Å²) >= 11 is -0.368. The van der Waals surface area contributed by atoms with Crippen molar-refractivity contribution in [2.75, 3.05) is 0 Å². The van der Waals surface area contributed by atoms with Gasteiger partial charge in [0.2, 0.25) is 0 Å². The molecule has 0 atom stereocenters. The first-order valence-electron chi connectivity index (χ1n) is 5.99. The molecule has 0 amide bonds. The van der Waals surface area contributed by atoms with Gasteiger partial charge in [0.1, 0.15) is 0 Å². The van der Waals surface area contributed by atoms with Crippen LogP contribution in [0.3, 0.4) is 0 Å². The second-order valence-electron chi connectivity index (χ2n) is 4.74. The van der Waals surface area contributed by atoms with Crippen molar-refractivity contribution >= 4 is 19.7 Å². The van der Waals surface area contributed by atoms with Crippen LogP contribution >= 0.6 is 19.7 Å². The zero-order chi connectivity index (χ0) is 14.4. The first-order valence-corrected chi connectivity index (χ1v) is 9.83. The van der Waals surface area contributed by atoms with Gasteiger partial charge in [0.25, 0.3) is 0 Å². The molecule has 17 heavy (non-hydrogen) atoms. The summed E-state index contributed by atoms with van der Waals surface area (Å²) in [6.45, 7) is 16.8. The van der Waals surface area contributed by atoms with Gasteiger partial charge in [0, 0.05) is 0 Å². The quantitative estimate of drug-likeness (QED) is 0.632. The van der Waals surface area contributed by atoms with Crippen LogP contribution in [0.25, 0.3) is 10.6 Å². The second kappa shape index (κ2) is 17.1. The van der Waals surface area contributed by atoms with Crippen molar-refractivity contribution in [2.24, 2.45) is 0 Å². The Kier molecular flexibility index (Phi) is 23.3. The Morgan fingerprint density at radius 1 is 0.588 bits per heavy atom. The summed E-state index contributed by atoms with van der Waals surface area (Å²) in [5.41, 5.74) is 0. The fourth-order valence-electron chi connectivity index (χ4n) is 1.19. The number of halogens is 2. The second-order valence-corrected chi connectivity index (χ2v) is 7.04. The zero-order valence-electron chi connectivity index (χ0n) is 12.4. The van der Waals surface area contributed by atoms with Crippen LogP contribution < -0.4 is 0 Å². The third-order valence-corrected chi connectivity index (χ3v) is 1.19. The molecular formula is C12H28Cl2N2V-2. The van der Waals surface area contributed by atoms with Gasteiger partial charge in [-0.25, -0.2) is 0 Å². The van der Waals surface area contributed by atoms with Crippen LogP contribution in [0, 0.1) is 0 Å². The molecule has 107 valence electrons. The fourth-order valence-corrected chi connectivity index (χ4v) is 1.19. The van der Waals surface area contributed by atoms with E-state index in [2.05, 4.69) is 66.0 Å². The molecule has 0 spiro atoms. The van der Waals surface area contributed by atoms with Crippen LogP contribution in [0.1, 0.15) is 55.4 Å². The molecule has 0 unspecified atom stereocenters. The number of hydrogen-bond acceptors (Lipinski definition) is 0. The van der Waals surface area contributed by atoms with Crippen molar-refractivity contribution in [3.63, 3.8) is 0 Å². The molecule has 0 radical (unpaired) electrons. The Morgan fingerprint density at radius 2 is 0.706 bits per heavy atom. The molecule has 0 bridgehead atoms. The van der Waals surface area contributed by atoms with E-state index in [1.54, 1.807) is 0 Å². The van der Waals surface area contributed by atoms with Crippen LogP contribution in [0.4, 0.5) is 0 Å². The standard InChI is InChI=1S/2C6H14N.2ClH.V/c2*1-5(2)7-6(3)4;;;/h2*5-6H,1-4H3;2*1H;/q2*-1;;;+2/p-2. The fraction of sp³-hybridized carbons (Fsp3) is 1.00. The summed E-state index contributed by atoms with van der Waals surface area (Å²) in [6, 6.07) is 2.00. The molecule has 0 fully saturated rings. The van der Waals surface area contributed by atoms with Gasteiger partial charge in [-0.2, -0.15) is 0 Å². The Labute approximate surface area is 124 Å². The van der Waals surface area contributed by atoms with Crippen molar-refractivity contribution in [2.45, 2.75) is 79.6 Å². The van der Waals surface area contributed by atoms with Crippen LogP contribution in [0.2, 0.25) is 0 Å². The van der Waals surface area contributed by atoms with E-state index in [1.807, 2.05) is 0 Å². The molecule has 0 saturated carbocycles. The third-order valence-electron chi connectivity index (χ3n) is 1.19. The number of rotatable bonds is 4. The molecule has 0 aliphatic carbocycles. The zero-order valence-corrected chi connectivity index (χ0v) is 15.3. The molecule has 2 nitrogen and oxygen atoms in total. The predicted octanol–water partition coefficient (Wildman–Crippen LogP) is 5.73. The summed E-state index contributed by atoms with van der Waals surface area (Å²) in [7, 11) is 9.72. The van der Waals surface area contributed by atoms with Gasteiger partial charge in [0.15, 0.2) is 0 Å². The van der Waals surface area contributed by atoms with Crippen LogP contribution in [0.5, 0.6) is 0 Å². The van der Waals surface area contributed by atoms with Crippen LogP contribution in [0.15, 0.2) is 0 Å². The van der Waals surface area contributed by atoms with Gasteiger partial charge in [-0.3, -0.25) is 0 Å². The summed E-state index contributed by atoms with van der Waals surface area (Å²) in [6.07, 6.45) is 0. The minimum absolute atomic E-state index is 0.368. The summed E-state index contributed by atoms with van der Waals surface area (Å²) in [5.74, 6) is 0.